The third-order valence-corrected chi connectivity index (χ3v) is 8.92. The van der Waals surface area contributed by atoms with Crippen molar-refractivity contribution < 1.29 is 18.0 Å². The number of aryl methyl sites for hydroxylation is 1. The van der Waals surface area contributed by atoms with Gasteiger partial charge in [0.05, 0.1) is 11.9 Å². The Labute approximate surface area is 240 Å². The van der Waals surface area contributed by atoms with Crippen LogP contribution in [0.2, 0.25) is 5.02 Å². The Morgan fingerprint density at radius 3 is 2.39 bits per heavy atom. The Morgan fingerprint density at radius 1 is 1.11 bits per heavy atom. The Kier molecular flexibility index (Phi) is 11.1. The number of hydrogen-bond acceptors (Lipinski definition) is 4. The average molecular weight is 627 g/mol. The van der Waals surface area contributed by atoms with Crippen molar-refractivity contribution in [1.29, 1.82) is 0 Å². The molecular formula is C28H37BrClN3O4S. The van der Waals surface area contributed by atoms with Gasteiger partial charge >= 0.3 is 0 Å². The van der Waals surface area contributed by atoms with E-state index in [1.54, 1.807) is 30.0 Å². The molecule has 0 radical (unpaired) electrons. The number of carbonyl (C=O) groups is 2. The summed E-state index contributed by atoms with van der Waals surface area (Å²) in [4.78, 5) is 28.2. The van der Waals surface area contributed by atoms with Gasteiger partial charge in [-0.1, -0.05) is 65.0 Å². The van der Waals surface area contributed by atoms with Crippen LogP contribution in [0.3, 0.4) is 0 Å². The number of hydrogen-bond donors (Lipinski definition) is 1. The molecule has 2 aromatic carbocycles. The maximum atomic E-state index is 13.5. The number of anilines is 1. The number of carbonyl (C=O) groups excluding carboxylic acids is 2. The summed E-state index contributed by atoms with van der Waals surface area (Å²) in [6.45, 7) is 3.99. The molecule has 208 valence electrons. The highest BCUT2D eigenvalue weighted by atomic mass is 79.9. The van der Waals surface area contributed by atoms with E-state index in [1.807, 2.05) is 31.2 Å². The minimum Gasteiger partial charge on any atom is -0.352 e. The number of nitrogens with zero attached hydrogens (tertiary/aromatic N) is 2. The predicted molar refractivity (Wildman–Crippen MR) is 157 cm³/mol. The first-order valence-electron chi connectivity index (χ1n) is 13.0. The molecule has 2 amide bonds. The zero-order valence-corrected chi connectivity index (χ0v) is 25.4. The number of benzene rings is 2. The fourth-order valence-corrected chi connectivity index (χ4v) is 6.22. The van der Waals surface area contributed by atoms with Crippen LogP contribution in [0.4, 0.5) is 5.69 Å². The minimum absolute atomic E-state index is 0.100. The van der Waals surface area contributed by atoms with Crippen LogP contribution in [-0.4, -0.2) is 50.0 Å². The minimum atomic E-state index is -3.59. The van der Waals surface area contributed by atoms with Crippen molar-refractivity contribution in [1.82, 2.24) is 10.2 Å². The predicted octanol–water partition coefficient (Wildman–Crippen LogP) is 5.82. The van der Waals surface area contributed by atoms with Crippen molar-refractivity contribution in [3.63, 3.8) is 0 Å². The van der Waals surface area contributed by atoms with Crippen molar-refractivity contribution >= 4 is 55.1 Å². The molecule has 1 saturated carbocycles. The highest BCUT2D eigenvalue weighted by Crippen LogP contribution is 2.27. The van der Waals surface area contributed by atoms with Gasteiger partial charge in [0.1, 0.15) is 6.04 Å². The highest BCUT2D eigenvalue weighted by molar-refractivity contribution is 9.10. The number of sulfonamides is 1. The van der Waals surface area contributed by atoms with E-state index in [2.05, 4.69) is 21.2 Å². The van der Waals surface area contributed by atoms with Crippen LogP contribution in [0, 0.1) is 6.92 Å². The topological polar surface area (TPSA) is 86.8 Å². The normalized spacial score (nSPS) is 15.1. The van der Waals surface area contributed by atoms with E-state index in [1.165, 1.54) is 10.7 Å². The lowest BCUT2D eigenvalue weighted by atomic mass is 9.95. The standard InChI is InChI=1S/C28H37BrClN3O4S/c1-20-11-16-24(30)18-26(20)33(38(3,36)37)17-7-10-27(34)32(19-22-12-14-23(29)15-13-22)21(2)28(35)31-25-8-5-4-6-9-25/h11-16,18,21,25H,4-10,17,19H2,1-3H3,(H,31,35)/t21-/m0/s1. The average Bonchev–Trinajstić information content (AvgIpc) is 2.87. The fraction of sp³-hybridized carbons (Fsp3) is 0.500. The lowest BCUT2D eigenvalue weighted by Gasteiger charge is -2.31. The van der Waals surface area contributed by atoms with Crippen LogP contribution in [0.5, 0.6) is 0 Å². The summed E-state index contributed by atoms with van der Waals surface area (Å²) in [5.74, 6) is -0.356. The van der Waals surface area contributed by atoms with E-state index in [4.69, 9.17) is 11.6 Å². The van der Waals surface area contributed by atoms with Gasteiger partial charge in [-0.05, 0) is 68.5 Å². The van der Waals surface area contributed by atoms with Crippen LogP contribution in [-0.2, 0) is 26.2 Å². The third-order valence-electron chi connectivity index (χ3n) is 6.98. The van der Waals surface area contributed by atoms with Gasteiger partial charge in [0.25, 0.3) is 0 Å². The van der Waals surface area contributed by atoms with E-state index in [0.29, 0.717) is 17.1 Å². The summed E-state index contributed by atoms with van der Waals surface area (Å²) in [7, 11) is -3.59. The number of amides is 2. The molecular weight excluding hydrogens is 590 g/mol. The van der Waals surface area contributed by atoms with Crippen molar-refractivity contribution in [2.24, 2.45) is 0 Å². The maximum absolute atomic E-state index is 13.5. The Bertz CT molecular complexity index is 1220. The van der Waals surface area contributed by atoms with E-state index in [0.717, 1.165) is 47.5 Å². The quantitative estimate of drug-likeness (QED) is 0.340. The zero-order valence-electron chi connectivity index (χ0n) is 22.3. The van der Waals surface area contributed by atoms with Crippen LogP contribution >= 0.6 is 27.5 Å². The number of nitrogens with one attached hydrogen (secondary N) is 1. The molecule has 0 heterocycles. The largest absolute Gasteiger partial charge is 0.352 e. The van der Waals surface area contributed by atoms with Gasteiger partial charge in [-0.25, -0.2) is 8.42 Å². The molecule has 2 aromatic rings. The van der Waals surface area contributed by atoms with Gasteiger partial charge in [-0.3, -0.25) is 13.9 Å². The molecule has 10 heteroatoms. The molecule has 0 spiro atoms. The summed E-state index contributed by atoms with van der Waals surface area (Å²) >= 11 is 9.57. The first-order valence-corrected chi connectivity index (χ1v) is 16.1. The van der Waals surface area contributed by atoms with Crippen LogP contribution in [0.15, 0.2) is 46.9 Å². The van der Waals surface area contributed by atoms with Crippen molar-refractivity contribution in [3.05, 3.63) is 63.1 Å². The monoisotopic (exact) mass is 625 g/mol. The Hall–Kier alpha value is -2.10. The number of rotatable bonds is 11. The van der Waals surface area contributed by atoms with E-state index >= 15 is 0 Å². The lowest BCUT2D eigenvalue weighted by molar-refractivity contribution is -0.141. The molecule has 38 heavy (non-hydrogen) atoms. The Morgan fingerprint density at radius 2 is 1.76 bits per heavy atom. The van der Waals surface area contributed by atoms with Gasteiger partial charge in [0.15, 0.2) is 0 Å². The molecule has 0 aliphatic heterocycles. The third kappa shape index (κ3) is 8.71. The number of halogens is 2. The van der Waals surface area contributed by atoms with Crippen LogP contribution < -0.4 is 9.62 Å². The lowest BCUT2D eigenvalue weighted by Crippen LogP contribution is -2.50. The Balaban J connectivity index is 1.73. The van der Waals surface area contributed by atoms with E-state index in [-0.39, 0.29) is 37.4 Å². The van der Waals surface area contributed by atoms with Crippen LogP contribution in [0.1, 0.15) is 63.0 Å². The van der Waals surface area contributed by atoms with Gasteiger partial charge < -0.3 is 10.2 Å². The van der Waals surface area contributed by atoms with Crippen molar-refractivity contribution in [3.8, 4) is 0 Å². The summed E-state index contributed by atoms with van der Waals surface area (Å²) in [6, 6.07) is 12.2. The second-order valence-corrected chi connectivity index (χ2v) is 13.3. The molecule has 3 rings (SSSR count). The summed E-state index contributed by atoms with van der Waals surface area (Å²) in [5, 5.41) is 3.57. The van der Waals surface area contributed by atoms with Gasteiger partial charge in [0.2, 0.25) is 21.8 Å². The van der Waals surface area contributed by atoms with Gasteiger partial charge in [-0.2, -0.15) is 0 Å². The second kappa shape index (κ2) is 13.8. The molecule has 0 bridgehead atoms. The molecule has 0 saturated heterocycles. The van der Waals surface area contributed by atoms with Crippen LogP contribution in [0.25, 0.3) is 0 Å². The highest BCUT2D eigenvalue weighted by Gasteiger charge is 2.28. The fourth-order valence-electron chi connectivity index (χ4n) is 4.77. The maximum Gasteiger partial charge on any atom is 0.242 e. The summed E-state index contributed by atoms with van der Waals surface area (Å²) < 4.78 is 27.4. The van der Waals surface area contributed by atoms with E-state index in [9.17, 15) is 18.0 Å². The first kappa shape index (κ1) is 30.4. The summed E-state index contributed by atoms with van der Waals surface area (Å²) in [5.41, 5.74) is 2.18. The molecule has 1 fully saturated rings. The van der Waals surface area contributed by atoms with Gasteiger partial charge in [0, 0.05) is 35.0 Å². The first-order chi connectivity index (χ1) is 18.0. The second-order valence-electron chi connectivity index (χ2n) is 10.0. The summed E-state index contributed by atoms with van der Waals surface area (Å²) in [6.07, 6.45) is 6.86. The molecule has 7 nitrogen and oxygen atoms in total. The van der Waals surface area contributed by atoms with Crippen molar-refractivity contribution in [2.75, 3.05) is 17.1 Å². The molecule has 0 aromatic heterocycles. The van der Waals surface area contributed by atoms with Gasteiger partial charge in [-0.15, -0.1) is 0 Å². The zero-order chi connectivity index (χ0) is 27.9. The SMILES string of the molecule is Cc1ccc(Cl)cc1N(CCCC(=O)N(Cc1ccc(Br)cc1)[C@@H](C)C(=O)NC1CCCCC1)S(C)(=O)=O. The van der Waals surface area contributed by atoms with Crippen molar-refractivity contribution in [2.45, 2.75) is 77.4 Å². The molecule has 0 unspecified atom stereocenters. The molecule has 1 atom stereocenters. The van der Waals surface area contributed by atoms with E-state index < -0.39 is 16.1 Å². The molecule has 1 aliphatic carbocycles. The molecule has 1 N–H and O–H groups in total. The smallest absolute Gasteiger partial charge is 0.242 e. The molecule has 1 aliphatic rings.